The Labute approximate surface area is 136 Å². The Morgan fingerprint density at radius 3 is 2.70 bits per heavy atom. The zero-order valence-corrected chi connectivity index (χ0v) is 13.3. The number of carboxylic acid groups (broad SMARTS) is 1. The lowest BCUT2D eigenvalue weighted by Crippen LogP contribution is -2.18. The Morgan fingerprint density at radius 1 is 1.30 bits per heavy atom. The highest BCUT2D eigenvalue weighted by Gasteiger charge is 2.18. The zero-order chi connectivity index (χ0) is 16.7. The maximum absolute atomic E-state index is 11.6. The summed E-state index contributed by atoms with van der Waals surface area (Å²) in [7, 11) is 1.57. The fourth-order valence-corrected chi connectivity index (χ4v) is 2.92. The highest BCUT2D eigenvalue weighted by Crippen LogP contribution is 2.34. The number of fused-ring (bicyclic) bond motifs is 1. The predicted octanol–water partition coefficient (Wildman–Crippen LogP) is 2.45. The summed E-state index contributed by atoms with van der Waals surface area (Å²) in [4.78, 5) is 22.7. The molecule has 3 aromatic rings. The van der Waals surface area contributed by atoms with Gasteiger partial charge < -0.3 is 9.67 Å². The van der Waals surface area contributed by atoms with Crippen molar-refractivity contribution in [1.82, 2.24) is 14.3 Å². The van der Waals surface area contributed by atoms with Gasteiger partial charge in [0.2, 0.25) is 0 Å². The van der Waals surface area contributed by atoms with Gasteiger partial charge in [-0.15, -0.1) is 0 Å². The first-order valence-electron chi connectivity index (χ1n) is 6.93. The molecule has 0 spiro atoms. The van der Waals surface area contributed by atoms with E-state index >= 15 is 0 Å². The van der Waals surface area contributed by atoms with Crippen LogP contribution in [0.5, 0.6) is 0 Å². The molecule has 6 nitrogen and oxygen atoms in total. The molecule has 1 aromatic carbocycles. The number of benzene rings is 1. The van der Waals surface area contributed by atoms with E-state index in [1.54, 1.807) is 35.9 Å². The molecule has 118 valence electrons. The molecule has 0 amide bonds. The van der Waals surface area contributed by atoms with Crippen molar-refractivity contribution in [3.05, 3.63) is 51.4 Å². The molecular weight excluding hydrogens is 318 g/mol. The van der Waals surface area contributed by atoms with Crippen molar-refractivity contribution in [2.24, 2.45) is 7.05 Å². The maximum Gasteiger partial charge on any atom is 0.323 e. The third-order valence-corrected chi connectivity index (χ3v) is 4.03. The van der Waals surface area contributed by atoms with Gasteiger partial charge >= 0.3 is 5.97 Å². The second-order valence-electron chi connectivity index (χ2n) is 5.28. The largest absolute Gasteiger partial charge is 0.480 e. The monoisotopic (exact) mass is 331 g/mol. The van der Waals surface area contributed by atoms with Gasteiger partial charge in [0.25, 0.3) is 5.56 Å². The first-order chi connectivity index (χ1) is 10.9. The van der Waals surface area contributed by atoms with Crippen LogP contribution in [-0.4, -0.2) is 25.4 Å². The summed E-state index contributed by atoms with van der Waals surface area (Å²) < 4.78 is 2.95. The highest BCUT2D eigenvalue weighted by atomic mass is 35.5. The van der Waals surface area contributed by atoms with Gasteiger partial charge in [-0.3, -0.25) is 9.59 Å². The number of hydrogen-bond acceptors (Lipinski definition) is 3. The fraction of sp³-hybridized carbons (Fsp3) is 0.188. The number of hydrogen-bond donors (Lipinski definition) is 1. The van der Waals surface area contributed by atoms with E-state index in [2.05, 4.69) is 5.10 Å². The lowest BCUT2D eigenvalue weighted by molar-refractivity contribution is -0.137. The van der Waals surface area contributed by atoms with Crippen molar-refractivity contribution in [2.45, 2.75) is 13.5 Å². The molecule has 0 bridgehead atoms. The number of rotatable bonds is 3. The second kappa shape index (κ2) is 5.55. The molecular formula is C16H14ClN3O3. The van der Waals surface area contributed by atoms with Crippen LogP contribution in [0, 0.1) is 6.92 Å². The SMILES string of the molecule is Cc1c(-c2ccc(=O)n(C)n2)c2cc(Cl)ccc2n1CC(=O)O. The van der Waals surface area contributed by atoms with Gasteiger partial charge in [0, 0.05) is 40.3 Å². The zero-order valence-electron chi connectivity index (χ0n) is 12.6. The minimum Gasteiger partial charge on any atom is -0.480 e. The Kier molecular flexibility index (Phi) is 3.69. The van der Waals surface area contributed by atoms with E-state index < -0.39 is 5.97 Å². The average Bonchev–Trinajstić information content (AvgIpc) is 2.74. The van der Waals surface area contributed by atoms with Crippen LogP contribution >= 0.6 is 11.6 Å². The molecule has 0 atom stereocenters. The number of aromatic nitrogens is 3. The Morgan fingerprint density at radius 2 is 2.04 bits per heavy atom. The van der Waals surface area contributed by atoms with Gasteiger partial charge in [-0.1, -0.05) is 11.6 Å². The van der Waals surface area contributed by atoms with Crippen LogP contribution in [0.1, 0.15) is 5.69 Å². The number of aryl methyl sites for hydroxylation is 1. The van der Waals surface area contributed by atoms with Crippen molar-refractivity contribution in [3.63, 3.8) is 0 Å². The lowest BCUT2D eigenvalue weighted by Gasteiger charge is -2.06. The smallest absolute Gasteiger partial charge is 0.323 e. The molecule has 0 unspecified atom stereocenters. The summed E-state index contributed by atoms with van der Waals surface area (Å²) >= 11 is 6.10. The van der Waals surface area contributed by atoms with E-state index in [0.717, 1.165) is 22.2 Å². The molecule has 0 radical (unpaired) electrons. The third-order valence-electron chi connectivity index (χ3n) is 3.80. The number of aliphatic carboxylic acids is 1. The van der Waals surface area contributed by atoms with Crippen LogP contribution in [0.3, 0.4) is 0 Å². The first kappa shape index (κ1) is 15.3. The van der Waals surface area contributed by atoms with Crippen LogP contribution in [-0.2, 0) is 18.4 Å². The molecule has 23 heavy (non-hydrogen) atoms. The molecule has 0 aliphatic rings. The number of carbonyl (C=O) groups is 1. The molecule has 7 heteroatoms. The summed E-state index contributed by atoms with van der Waals surface area (Å²) in [5, 5.41) is 14.8. The molecule has 2 aromatic heterocycles. The van der Waals surface area contributed by atoms with Crippen molar-refractivity contribution in [2.75, 3.05) is 0 Å². The summed E-state index contributed by atoms with van der Waals surface area (Å²) in [5.74, 6) is -0.931. The van der Waals surface area contributed by atoms with Crippen LogP contribution in [0.2, 0.25) is 5.02 Å². The van der Waals surface area contributed by atoms with Gasteiger partial charge in [0.1, 0.15) is 6.54 Å². The first-order valence-corrected chi connectivity index (χ1v) is 7.31. The minimum absolute atomic E-state index is 0.157. The summed E-state index contributed by atoms with van der Waals surface area (Å²) in [5.41, 5.74) is 2.69. The van der Waals surface area contributed by atoms with Gasteiger partial charge in [0.05, 0.1) is 5.69 Å². The van der Waals surface area contributed by atoms with E-state index in [1.807, 2.05) is 6.92 Å². The Balaban J connectivity index is 2.37. The van der Waals surface area contributed by atoms with Crippen LogP contribution in [0.4, 0.5) is 0 Å². The lowest BCUT2D eigenvalue weighted by atomic mass is 10.1. The van der Waals surface area contributed by atoms with Crippen molar-refractivity contribution in [3.8, 4) is 11.3 Å². The molecule has 0 fully saturated rings. The normalized spacial score (nSPS) is 11.1. The predicted molar refractivity (Wildman–Crippen MR) is 87.8 cm³/mol. The highest BCUT2D eigenvalue weighted by molar-refractivity contribution is 6.31. The van der Waals surface area contributed by atoms with Crippen molar-refractivity contribution in [1.29, 1.82) is 0 Å². The standard InChI is InChI=1S/C16H14ClN3O3/c1-9-16(12-4-6-14(21)19(2)18-12)11-7-10(17)3-5-13(11)20(9)8-15(22)23/h3-7H,8H2,1-2H3,(H,22,23). The summed E-state index contributed by atoms with van der Waals surface area (Å²) in [6.07, 6.45) is 0. The van der Waals surface area contributed by atoms with Crippen LogP contribution in [0.25, 0.3) is 22.2 Å². The summed E-state index contributed by atoms with van der Waals surface area (Å²) in [6.45, 7) is 1.68. The molecule has 0 saturated heterocycles. The number of halogens is 1. The summed E-state index contributed by atoms with van der Waals surface area (Å²) in [6, 6.07) is 8.37. The minimum atomic E-state index is -0.931. The van der Waals surface area contributed by atoms with E-state index in [9.17, 15) is 9.59 Å². The van der Waals surface area contributed by atoms with E-state index in [4.69, 9.17) is 16.7 Å². The van der Waals surface area contributed by atoms with E-state index in [0.29, 0.717) is 10.7 Å². The van der Waals surface area contributed by atoms with Gasteiger partial charge in [-0.05, 0) is 31.2 Å². The molecule has 0 aliphatic carbocycles. The molecule has 0 saturated carbocycles. The number of nitrogens with zero attached hydrogens (tertiary/aromatic N) is 3. The number of carboxylic acids is 1. The Hall–Kier alpha value is -2.60. The fourth-order valence-electron chi connectivity index (χ4n) is 2.75. The molecule has 1 N–H and O–H groups in total. The van der Waals surface area contributed by atoms with E-state index in [-0.39, 0.29) is 12.1 Å². The molecule has 2 heterocycles. The maximum atomic E-state index is 11.6. The van der Waals surface area contributed by atoms with Gasteiger partial charge in [-0.25, -0.2) is 4.68 Å². The van der Waals surface area contributed by atoms with Crippen molar-refractivity contribution < 1.29 is 9.90 Å². The third kappa shape index (κ3) is 2.61. The van der Waals surface area contributed by atoms with Crippen LogP contribution < -0.4 is 5.56 Å². The van der Waals surface area contributed by atoms with Gasteiger partial charge in [0.15, 0.2) is 0 Å². The Bertz CT molecular complexity index is 988. The van der Waals surface area contributed by atoms with Gasteiger partial charge in [-0.2, -0.15) is 5.10 Å². The quantitative estimate of drug-likeness (QED) is 0.799. The second-order valence-corrected chi connectivity index (χ2v) is 5.72. The van der Waals surface area contributed by atoms with Crippen LogP contribution in [0.15, 0.2) is 35.1 Å². The molecule has 0 aliphatic heterocycles. The van der Waals surface area contributed by atoms with E-state index in [1.165, 1.54) is 10.7 Å². The topological polar surface area (TPSA) is 77.1 Å². The average molecular weight is 332 g/mol. The van der Waals surface area contributed by atoms with Crippen molar-refractivity contribution >= 4 is 28.5 Å². The molecule has 3 rings (SSSR count).